The predicted molar refractivity (Wildman–Crippen MR) is 84.1 cm³/mol. The minimum Gasteiger partial charge on any atom is -0.468 e. The molecular formula is C13H13BrFN3O3S. The summed E-state index contributed by atoms with van der Waals surface area (Å²) in [4.78, 5) is 26.2. The van der Waals surface area contributed by atoms with E-state index in [9.17, 15) is 14.0 Å². The maximum Gasteiger partial charge on any atom is 0.319 e. The summed E-state index contributed by atoms with van der Waals surface area (Å²) in [5, 5.41) is 2.36. The highest BCUT2D eigenvalue weighted by atomic mass is 79.9. The van der Waals surface area contributed by atoms with Gasteiger partial charge in [-0.1, -0.05) is 13.8 Å². The lowest BCUT2D eigenvalue weighted by Gasteiger charge is -2.18. The fraction of sp³-hybridized carbons (Fsp3) is 0.385. The van der Waals surface area contributed by atoms with Crippen molar-refractivity contribution < 1.29 is 18.7 Å². The SMILES string of the molecule is COC(=O)C(Sc1cc(C(=O)N=[N+]=[N-])c(F)cc1Br)C(C)C. The van der Waals surface area contributed by atoms with Crippen molar-refractivity contribution in [2.24, 2.45) is 11.0 Å². The van der Waals surface area contributed by atoms with Crippen LogP contribution in [-0.2, 0) is 9.53 Å². The zero-order valence-electron chi connectivity index (χ0n) is 12.0. The number of azide groups is 1. The lowest BCUT2D eigenvalue weighted by Crippen LogP contribution is -2.24. The number of hydrogen-bond donors (Lipinski definition) is 0. The summed E-state index contributed by atoms with van der Waals surface area (Å²) >= 11 is 4.33. The van der Waals surface area contributed by atoms with Gasteiger partial charge < -0.3 is 4.74 Å². The molecule has 0 saturated heterocycles. The molecule has 0 N–H and O–H groups in total. The summed E-state index contributed by atoms with van der Waals surface area (Å²) < 4.78 is 18.9. The Morgan fingerprint density at radius 3 is 2.59 bits per heavy atom. The molecule has 0 heterocycles. The van der Waals surface area contributed by atoms with Crippen molar-refractivity contribution in [3.63, 3.8) is 0 Å². The summed E-state index contributed by atoms with van der Waals surface area (Å²) in [6, 6.07) is 2.34. The van der Waals surface area contributed by atoms with Crippen molar-refractivity contribution in [1.29, 1.82) is 0 Å². The molecule has 22 heavy (non-hydrogen) atoms. The van der Waals surface area contributed by atoms with Gasteiger partial charge in [0.2, 0.25) is 0 Å². The Labute approximate surface area is 139 Å². The van der Waals surface area contributed by atoms with Gasteiger partial charge in [-0.3, -0.25) is 9.59 Å². The normalized spacial score (nSPS) is 11.7. The third-order valence-corrected chi connectivity index (χ3v) is 5.18. The third kappa shape index (κ3) is 4.46. The number of thioether (sulfide) groups is 1. The number of methoxy groups -OCH3 is 1. The maximum absolute atomic E-state index is 13.8. The van der Waals surface area contributed by atoms with Crippen LogP contribution in [0.4, 0.5) is 4.39 Å². The highest BCUT2D eigenvalue weighted by Crippen LogP contribution is 2.36. The summed E-state index contributed by atoms with van der Waals surface area (Å²) in [6.07, 6.45) is 0. The molecule has 0 aliphatic heterocycles. The number of hydrogen-bond acceptors (Lipinski definition) is 4. The minimum absolute atomic E-state index is 0.0364. The van der Waals surface area contributed by atoms with E-state index in [1.54, 1.807) is 0 Å². The van der Waals surface area contributed by atoms with Crippen LogP contribution in [0.1, 0.15) is 24.2 Å². The summed E-state index contributed by atoms with van der Waals surface area (Å²) in [5.41, 5.74) is 7.92. The van der Waals surface area contributed by atoms with Gasteiger partial charge in [-0.15, -0.1) is 11.8 Å². The molecule has 6 nitrogen and oxygen atoms in total. The van der Waals surface area contributed by atoms with Crippen LogP contribution < -0.4 is 0 Å². The molecule has 1 atom stereocenters. The van der Waals surface area contributed by atoms with Crippen molar-refractivity contribution in [1.82, 2.24) is 0 Å². The second kappa shape index (κ2) is 8.17. The number of halogens is 2. The zero-order valence-corrected chi connectivity index (χ0v) is 14.4. The Bertz CT molecular complexity index is 648. The molecule has 0 aromatic heterocycles. The van der Waals surface area contributed by atoms with E-state index < -0.39 is 22.9 Å². The number of benzene rings is 1. The second-order valence-electron chi connectivity index (χ2n) is 4.56. The molecule has 1 aromatic carbocycles. The molecule has 1 amide bonds. The fourth-order valence-electron chi connectivity index (χ4n) is 1.59. The van der Waals surface area contributed by atoms with Crippen LogP contribution in [-0.4, -0.2) is 24.2 Å². The van der Waals surface area contributed by atoms with Crippen LogP contribution in [0.2, 0.25) is 0 Å². The summed E-state index contributed by atoms with van der Waals surface area (Å²) in [7, 11) is 1.29. The molecule has 118 valence electrons. The first-order valence-corrected chi connectivity index (χ1v) is 7.82. The fourth-order valence-corrected chi connectivity index (χ4v) is 3.28. The molecule has 1 rings (SSSR count). The smallest absolute Gasteiger partial charge is 0.319 e. The number of nitrogens with zero attached hydrogens (tertiary/aromatic N) is 3. The van der Waals surface area contributed by atoms with Crippen molar-refractivity contribution in [2.45, 2.75) is 24.0 Å². The first kappa shape index (κ1) is 18.5. The summed E-state index contributed by atoms with van der Waals surface area (Å²) in [5.74, 6) is -2.29. The minimum atomic E-state index is -1.02. The first-order valence-electron chi connectivity index (χ1n) is 6.14. The molecule has 0 aliphatic rings. The van der Waals surface area contributed by atoms with Crippen molar-refractivity contribution in [2.75, 3.05) is 7.11 Å². The molecular weight excluding hydrogens is 377 g/mol. The molecule has 0 radical (unpaired) electrons. The molecule has 0 spiro atoms. The first-order chi connectivity index (χ1) is 10.3. The molecule has 0 saturated carbocycles. The van der Waals surface area contributed by atoms with Crippen LogP contribution in [0.5, 0.6) is 0 Å². The number of carbonyl (C=O) groups is 2. The Morgan fingerprint density at radius 1 is 1.45 bits per heavy atom. The summed E-state index contributed by atoms with van der Waals surface area (Å²) in [6.45, 7) is 3.69. The Kier molecular flexibility index (Phi) is 6.86. The van der Waals surface area contributed by atoms with Gasteiger partial charge in [0.1, 0.15) is 11.1 Å². The van der Waals surface area contributed by atoms with E-state index >= 15 is 0 Å². The van der Waals surface area contributed by atoms with Crippen LogP contribution >= 0.6 is 27.7 Å². The number of rotatable bonds is 5. The van der Waals surface area contributed by atoms with E-state index in [1.807, 2.05) is 13.8 Å². The van der Waals surface area contributed by atoms with Crippen molar-refractivity contribution >= 4 is 39.6 Å². The van der Waals surface area contributed by atoms with E-state index in [1.165, 1.54) is 13.2 Å². The average Bonchev–Trinajstić information content (AvgIpc) is 2.45. The number of amides is 1. The van der Waals surface area contributed by atoms with Gasteiger partial charge in [-0.05, 0) is 44.6 Å². The van der Waals surface area contributed by atoms with Crippen LogP contribution in [0.25, 0.3) is 10.4 Å². The van der Waals surface area contributed by atoms with Crippen molar-refractivity contribution in [3.05, 3.63) is 38.4 Å². The molecule has 0 aliphatic carbocycles. The highest BCUT2D eigenvalue weighted by Gasteiger charge is 2.26. The number of esters is 1. The topological polar surface area (TPSA) is 92.1 Å². The van der Waals surface area contributed by atoms with E-state index in [-0.39, 0.29) is 11.5 Å². The highest BCUT2D eigenvalue weighted by molar-refractivity contribution is 9.10. The molecule has 1 unspecified atom stereocenters. The lowest BCUT2D eigenvalue weighted by atomic mass is 10.1. The van der Waals surface area contributed by atoms with Gasteiger partial charge in [0.15, 0.2) is 0 Å². The zero-order chi connectivity index (χ0) is 16.9. The Balaban J connectivity index is 3.24. The second-order valence-corrected chi connectivity index (χ2v) is 6.60. The lowest BCUT2D eigenvalue weighted by molar-refractivity contribution is -0.140. The largest absolute Gasteiger partial charge is 0.468 e. The van der Waals surface area contributed by atoms with Crippen molar-refractivity contribution in [3.8, 4) is 0 Å². The molecule has 9 heteroatoms. The van der Waals surface area contributed by atoms with E-state index in [0.29, 0.717) is 9.37 Å². The monoisotopic (exact) mass is 389 g/mol. The maximum atomic E-state index is 13.8. The van der Waals surface area contributed by atoms with E-state index in [2.05, 4.69) is 26.0 Å². The standard InChI is InChI=1S/C13H13BrFN3O3S/c1-6(2)11(13(20)21-3)22-10-4-7(12(19)17-18-16)9(15)5-8(10)14/h4-6,11H,1-3H3. The van der Waals surface area contributed by atoms with Crippen LogP contribution in [0.15, 0.2) is 26.6 Å². The van der Waals surface area contributed by atoms with Gasteiger partial charge in [0.25, 0.3) is 5.91 Å². The number of ether oxygens (including phenoxy) is 1. The van der Waals surface area contributed by atoms with E-state index in [4.69, 9.17) is 10.3 Å². The number of carbonyl (C=O) groups excluding carboxylic acids is 2. The average molecular weight is 390 g/mol. The van der Waals surface area contributed by atoms with Gasteiger partial charge in [0, 0.05) is 14.3 Å². The Morgan fingerprint density at radius 2 is 2.09 bits per heavy atom. The molecule has 1 aromatic rings. The van der Waals surface area contributed by atoms with Gasteiger partial charge >= 0.3 is 5.97 Å². The third-order valence-electron chi connectivity index (χ3n) is 2.68. The van der Waals surface area contributed by atoms with Gasteiger partial charge in [-0.2, -0.15) is 0 Å². The van der Waals surface area contributed by atoms with Gasteiger partial charge in [-0.25, -0.2) is 4.39 Å². The van der Waals surface area contributed by atoms with Gasteiger partial charge in [0.05, 0.1) is 12.7 Å². The molecule has 0 bridgehead atoms. The Hall–Kier alpha value is -1.57. The van der Waals surface area contributed by atoms with Crippen LogP contribution in [0, 0.1) is 11.7 Å². The predicted octanol–water partition coefficient (Wildman–Crippen LogP) is 4.33. The van der Waals surface area contributed by atoms with Crippen LogP contribution in [0.3, 0.4) is 0 Å². The quantitative estimate of drug-likeness (QED) is 0.246. The van der Waals surface area contributed by atoms with E-state index in [0.717, 1.165) is 17.8 Å². The molecule has 0 fully saturated rings.